The average Bonchev–Trinajstić information content (AvgIpc) is 3.16. The molecule has 0 saturated carbocycles. The number of aliphatic imine (C=N–C) groups is 1. The minimum absolute atomic E-state index is 0.00799. The third-order valence-electron chi connectivity index (χ3n) is 4.93. The number of amidine groups is 1. The van der Waals surface area contributed by atoms with Crippen molar-refractivity contribution in [2.24, 2.45) is 10.7 Å². The fraction of sp³-hybridized carbons (Fsp3) is 0.350. The van der Waals surface area contributed by atoms with Crippen molar-refractivity contribution in [2.45, 2.75) is 45.6 Å². The highest BCUT2D eigenvalue weighted by Crippen LogP contribution is 2.45. The molecule has 0 spiro atoms. The van der Waals surface area contributed by atoms with Gasteiger partial charge in [-0.05, 0) is 49.4 Å². The summed E-state index contributed by atoms with van der Waals surface area (Å²) in [6.07, 6.45) is 2.81. The lowest BCUT2D eigenvalue weighted by molar-refractivity contribution is 0.520. The number of nitrogens with one attached hydrogen (secondary N) is 3. The molecule has 0 atom stereocenters. The monoisotopic (exact) mass is 364 g/mol. The number of nitrogens with zero attached hydrogens (tertiary/aromatic N) is 2. The van der Waals surface area contributed by atoms with Gasteiger partial charge in [-0.2, -0.15) is 5.10 Å². The molecular weight excluding hydrogens is 340 g/mol. The Hall–Kier alpha value is -3.09. The van der Waals surface area contributed by atoms with Crippen LogP contribution in [0.1, 0.15) is 44.4 Å². The molecule has 27 heavy (non-hydrogen) atoms. The summed E-state index contributed by atoms with van der Waals surface area (Å²) in [5, 5.41) is 16.7. The van der Waals surface area contributed by atoms with E-state index in [2.05, 4.69) is 34.0 Å². The van der Waals surface area contributed by atoms with Crippen molar-refractivity contribution in [2.75, 3.05) is 0 Å². The minimum atomic E-state index is -0.0513. The molecule has 0 unspecified atom stereocenters. The van der Waals surface area contributed by atoms with Crippen LogP contribution >= 0.6 is 0 Å². The van der Waals surface area contributed by atoms with E-state index in [0.29, 0.717) is 5.56 Å². The van der Waals surface area contributed by atoms with Crippen molar-refractivity contribution in [1.82, 2.24) is 15.2 Å². The second kappa shape index (κ2) is 5.97. The van der Waals surface area contributed by atoms with Crippen LogP contribution in [0.5, 0.6) is 0 Å². The predicted molar refractivity (Wildman–Crippen MR) is 107 cm³/mol. The molecule has 3 aromatic rings. The Balaban J connectivity index is 1.79. The molecule has 140 valence electrons. The van der Waals surface area contributed by atoms with Gasteiger partial charge < -0.3 is 15.5 Å². The van der Waals surface area contributed by atoms with Crippen molar-refractivity contribution < 1.29 is 4.74 Å². The Morgan fingerprint density at radius 1 is 1.33 bits per heavy atom. The average molecular weight is 364 g/mol. The number of nitrogens with two attached hydrogens (primary N) is 1. The van der Waals surface area contributed by atoms with Crippen molar-refractivity contribution in [3.8, 4) is 11.4 Å². The zero-order valence-corrected chi connectivity index (χ0v) is 16.0. The van der Waals surface area contributed by atoms with Gasteiger partial charge in [0.05, 0.1) is 17.6 Å². The molecule has 2 heterocycles. The molecule has 1 aromatic carbocycles. The van der Waals surface area contributed by atoms with Gasteiger partial charge in [-0.15, -0.1) is 0 Å². The third-order valence-corrected chi connectivity index (χ3v) is 4.93. The zero-order valence-electron chi connectivity index (χ0n) is 16.0. The molecule has 0 saturated heterocycles. The third kappa shape index (κ3) is 2.89. The Morgan fingerprint density at radius 3 is 2.85 bits per heavy atom. The quantitative estimate of drug-likeness (QED) is 0.412. The Morgan fingerprint density at radius 2 is 2.11 bits per heavy atom. The van der Waals surface area contributed by atoms with E-state index in [1.54, 1.807) is 0 Å². The van der Waals surface area contributed by atoms with E-state index in [1.807, 2.05) is 38.2 Å². The number of ether oxygens (including phenoxy) is 1. The fourth-order valence-corrected chi connectivity index (χ4v) is 3.89. The largest absolute Gasteiger partial charge is 0.407 e. The zero-order chi connectivity index (χ0) is 19.3. The summed E-state index contributed by atoms with van der Waals surface area (Å²) < 4.78 is 5.40. The van der Waals surface area contributed by atoms with E-state index in [0.717, 1.165) is 28.7 Å². The number of hydrogen-bond acceptors (Lipinski definition) is 4. The van der Waals surface area contributed by atoms with Crippen LogP contribution in [-0.4, -0.2) is 33.1 Å². The summed E-state index contributed by atoms with van der Waals surface area (Å²) in [5.74, 6) is -0.00963. The molecule has 0 fully saturated rings. The van der Waals surface area contributed by atoms with Crippen LogP contribution in [0.15, 0.2) is 29.4 Å². The van der Waals surface area contributed by atoms with Crippen molar-refractivity contribution in [1.29, 1.82) is 5.41 Å². The minimum Gasteiger partial charge on any atom is -0.407 e. The first kappa shape index (κ1) is 17.3. The lowest BCUT2D eigenvalue weighted by atomic mass is 9.73. The van der Waals surface area contributed by atoms with Gasteiger partial charge in [0.25, 0.3) is 6.02 Å². The number of aromatic nitrogens is 3. The number of benzene rings is 1. The number of aromatic amines is 2. The standard InChI is InChI=1S/C20H24N6O/c1-10(2)24-19(22)27-18(21)11-5-6-14-13(7-11)15-17(25-14)16-12(9-23-26-16)8-20(15,3)4/h5-7,9-10,21,25H,8H2,1-4H3,(H2,22,24)(H,23,26). The predicted octanol–water partition coefficient (Wildman–Crippen LogP) is 3.46. The number of fused-ring (bicyclic) bond motifs is 5. The highest BCUT2D eigenvalue weighted by Gasteiger charge is 2.35. The second-order valence-electron chi connectivity index (χ2n) is 7.96. The van der Waals surface area contributed by atoms with Gasteiger partial charge in [0.2, 0.25) is 5.90 Å². The first-order valence-corrected chi connectivity index (χ1v) is 9.05. The van der Waals surface area contributed by atoms with E-state index in [1.165, 1.54) is 11.1 Å². The van der Waals surface area contributed by atoms with Crippen LogP contribution in [-0.2, 0) is 16.6 Å². The van der Waals surface area contributed by atoms with E-state index >= 15 is 0 Å². The van der Waals surface area contributed by atoms with Gasteiger partial charge in [0.15, 0.2) is 0 Å². The molecule has 1 aliphatic carbocycles. The van der Waals surface area contributed by atoms with Gasteiger partial charge in [-0.3, -0.25) is 10.5 Å². The summed E-state index contributed by atoms with van der Waals surface area (Å²) in [7, 11) is 0. The molecule has 7 heteroatoms. The first-order chi connectivity index (χ1) is 12.8. The maximum Gasteiger partial charge on any atom is 0.289 e. The molecule has 0 aliphatic heterocycles. The van der Waals surface area contributed by atoms with Crippen molar-refractivity contribution in [3.05, 3.63) is 41.1 Å². The molecule has 0 amide bonds. The first-order valence-electron chi connectivity index (χ1n) is 9.05. The molecular formula is C20H24N6O. The smallest absolute Gasteiger partial charge is 0.289 e. The van der Waals surface area contributed by atoms with Crippen LogP contribution in [0.2, 0.25) is 0 Å². The van der Waals surface area contributed by atoms with E-state index in [9.17, 15) is 0 Å². The normalized spacial score (nSPS) is 15.7. The van der Waals surface area contributed by atoms with Crippen LogP contribution in [0.3, 0.4) is 0 Å². The van der Waals surface area contributed by atoms with Crippen LogP contribution in [0.25, 0.3) is 22.3 Å². The lowest BCUT2D eigenvalue weighted by Gasteiger charge is -2.30. The lowest BCUT2D eigenvalue weighted by Crippen LogP contribution is -2.25. The summed E-state index contributed by atoms with van der Waals surface area (Å²) in [6, 6.07) is 5.84. The highest BCUT2D eigenvalue weighted by molar-refractivity contribution is 6.03. The van der Waals surface area contributed by atoms with E-state index < -0.39 is 0 Å². The van der Waals surface area contributed by atoms with Gasteiger partial charge in [-0.1, -0.05) is 13.8 Å². The SMILES string of the molecule is CC(C)N=C(N)OC(=N)c1ccc2[nH]c3c(c2c1)C(C)(C)Cc1cn[nH]c1-3. The molecule has 0 bridgehead atoms. The van der Waals surface area contributed by atoms with Crippen molar-refractivity contribution in [3.63, 3.8) is 0 Å². The summed E-state index contributed by atoms with van der Waals surface area (Å²) in [5.41, 5.74) is 12.0. The fourth-order valence-electron chi connectivity index (χ4n) is 3.89. The Labute approximate surface area is 157 Å². The topological polar surface area (TPSA) is 116 Å². The summed E-state index contributed by atoms with van der Waals surface area (Å²) >= 11 is 0. The molecule has 7 nitrogen and oxygen atoms in total. The molecule has 2 aromatic heterocycles. The number of hydrogen-bond donors (Lipinski definition) is 4. The molecule has 4 rings (SSSR count). The second-order valence-corrected chi connectivity index (χ2v) is 7.96. The van der Waals surface area contributed by atoms with E-state index in [-0.39, 0.29) is 23.4 Å². The number of rotatable bonds is 2. The van der Waals surface area contributed by atoms with Gasteiger partial charge in [0, 0.05) is 28.1 Å². The van der Waals surface area contributed by atoms with Crippen LogP contribution in [0, 0.1) is 5.41 Å². The molecule has 5 N–H and O–H groups in total. The maximum absolute atomic E-state index is 8.25. The van der Waals surface area contributed by atoms with Crippen LogP contribution in [0.4, 0.5) is 0 Å². The van der Waals surface area contributed by atoms with Gasteiger partial charge in [-0.25, -0.2) is 4.99 Å². The summed E-state index contributed by atoms with van der Waals surface area (Å²) in [4.78, 5) is 7.64. The Bertz CT molecular complexity index is 1070. The Kier molecular flexibility index (Phi) is 3.83. The van der Waals surface area contributed by atoms with Crippen LogP contribution < -0.4 is 5.73 Å². The van der Waals surface area contributed by atoms with Crippen molar-refractivity contribution >= 4 is 22.8 Å². The van der Waals surface area contributed by atoms with Gasteiger partial charge in [0.1, 0.15) is 0 Å². The number of H-pyrrole nitrogens is 2. The molecule has 0 radical (unpaired) electrons. The summed E-state index contributed by atoms with van der Waals surface area (Å²) in [6.45, 7) is 8.28. The highest BCUT2D eigenvalue weighted by atomic mass is 16.5. The molecule has 1 aliphatic rings. The van der Waals surface area contributed by atoms with Gasteiger partial charge >= 0.3 is 0 Å². The van der Waals surface area contributed by atoms with E-state index in [4.69, 9.17) is 15.9 Å². The maximum atomic E-state index is 8.25.